The van der Waals surface area contributed by atoms with Crippen molar-refractivity contribution in [3.63, 3.8) is 0 Å². The predicted octanol–water partition coefficient (Wildman–Crippen LogP) is 3.82. The van der Waals surface area contributed by atoms with Crippen LogP contribution in [0.25, 0.3) is 0 Å². The van der Waals surface area contributed by atoms with Gasteiger partial charge >= 0.3 is 0 Å². The number of hydrogen-bond donors (Lipinski definition) is 2. The number of benzene rings is 2. The van der Waals surface area contributed by atoms with E-state index in [1.54, 1.807) is 0 Å². The maximum absolute atomic E-state index is 7.55. The Morgan fingerprint density at radius 3 is 2.75 bits per heavy atom. The number of amidine groups is 1. The number of nitrogens with one attached hydrogen (secondary N) is 1. The highest BCUT2D eigenvalue weighted by molar-refractivity contribution is 9.10. The highest BCUT2D eigenvalue weighted by atomic mass is 79.9. The lowest BCUT2D eigenvalue weighted by atomic mass is 10.1. The Morgan fingerprint density at radius 2 is 2.05 bits per heavy atom. The van der Waals surface area contributed by atoms with Crippen LogP contribution in [0, 0.1) is 5.41 Å². The van der Waals surface area contributed by atoms with Gasteiger partial charge in [-0.25, -0.2) is 0 Å². The smallest absolute Gasteiger partial charge is 0.123 e. The normalized spacial score (nSPS) is 17.1. The van der Waals surface area contributed by atoms with Crippen LogP contribution in [0.15, 0.2) is 46.9 Å². The number of para-hydroxylation sites is 1. The van der Waals surface area contributed by atoms with Gasteiger partial charge in [0.1, 0.15) is 5.84 Å². The molecular formula is C16H16BrN3. The van der Waals surface area contributed by atoms with Crippen molar-refractivity contribution < 1.29 is 0 Å². The Morgan fingerprint density at radius 1 is 1.30 bits per heavy atom. The van der Waals surface area contributed by atoms with Crippen molar-refractivity contribution >= 4 is 33.1 Å². The molecule has 0 fully saturated rings. The Hall–Kier alpha value is -1.81. The summed E-state index contributed by atoms with van der Waals surface area (Å²) in [5, 5.41) is 7.55. The molecule has 1 aliphatic rings. The van der Waals surface area contributed by atoms with Crippen molar-refractivity contribution in [2.45, 2.75) is 19.4 Å². The summed E-state index contributed by atoms with van der Waals surface area (Å²) in [5.74, 6) is 0.0818. The molecule has 102 valence electrons. The summed E-state index contributed by atoms with van der Waals surface area (Å²) in [6, 6.07) is 14.9. The van der Waals surface area contributed by atoms with Crippen LogP contribution in [0.3, 0.4) is 0 Å². The van der Waals surface area contributed by atoms with Gasteiger partial charge in [0.15, 0.2) is 0 Å². The molecule has 0 saturated carbocycles. The maximum Gasteiger partial charge on any atom is 0.123 e. The van der Waals surface area contributed by atoms with Crippen molar-refractivity contribution in [3.8, 4) is 0 Å². The number of rotatable bonds is 2. The first-order valence-electron chi connectivity index (χ1n) is 6.59. The van der Waals surface area contributed by atoms with E-state index in [0.29, 0.717) is 6.04 Å². The van der Waals surface area contributed by atoms with E-state index in [1.165, 1.54) is 11.3 Å². The van der Waals surface area contributed by atoms with Gasteiger partial charge in [0, 0.05) is 27.5 Å². The average Bonchev–Trinajstić information content (AvgIpc) is 2.73. The Labute approximate surface area is 127 Å². The van der Waals surface area contributed by atoms with E-state index in [2.05, 4.69) is 52.0 Å². The SMILES string of the molecule is CC1Cc2ccccc2N1c1ccc(C(=N)N)c(Br)c1. The van der Waals surface area contributed by atoms with E-state index in [9.17, 15) is 0 Å². The molecule has 0 spiro atoms. The van der Waals surface area contributed by atoms with Gasteiger partial charge in [-0.1, -0.05) is 18.2 Å². The van der Waals surface area contributed by atoms with Crippen LogP contribution in [0.5, 0.6) is 0 Å². The van der Waals surface area contributed by atoms with Crippen LogP contribution in [0.4, 0.5) is 11.4 Å². The van der Waals surface area contributed by atoms with Gasteiger partial charge in [0.05, 0.1) is 0 Å². The van der Waals surface area contributed by atoms with Gasteiger partial charge in [0.25, 0.3) is 0 Å². The standard InChI is InChI=1S/C16H16BrN3/c1-10-8-11-4-2-3-5-15(11)20(10)12-6-7-13(16(18)19)14(17)9-12/h2-7,9-10H,8H2,1H3,(H3,18,19). The van der Waals surface area contributed by atoms with Crippen LogP contribution < -0.4 is 10.6 Å². The van der Waals surface area contributed by atoms with Crippen molar-refractivity contribution in [2.75, 3.05) is 4.90 Å². The highest BCUT2D eigenvalue weighted by Gasteiger charge is 2.27. The monoisotopic (exact) mass is 329 g/mol. The first-order chi connectivity index (χ1) is 9.58. The molecule has 4 heteroatoms. The molecule has 0 saturated heterocycles. The second kappa shape index (κ2) is 4.94. The predicted molar refractivity (Wildman–Crippen MR) is 86.9 cm³/mol. The van der Waals surface area contributed by atoms with Gasteiger partial charge < -0.3 is 10.6 Å². The van der Waals surface area contributed by atoms with Crippen molar-refractivity contribution in [2.24, 2.45) is 5.73 Å². The Bertz CT molecular complexity index is 681. The molecule has 1 atom stereocenters. The van der Waals surface area contributed by atoms with Crippen LogP contribution in [-0.4, -0.2) is 11.9 Å². The molecule has 1 aliphatic heterocycles. The Kier molecular flexibility index (Phi) is 3.26. The molecule has 20 heavy (non-hydrogen) atoms. The third-order valence-corrected chi connectivity index (χ3v) is 4.38. The molecule has 0 aromatic heterocycles. The molecule has 0 bridgehead atoms. The van der Waals surface area contributed by atoms with E-state index < -0.39 is 0 Å². The van der Waals surface area contributed by atoms with Crippen LogP contribution in [0.1, 0.15) is 18.1 Å². The third kappa shape index (κ3) is 2.10. The number of nitrogens with two attached hydrogens (primary N) is 1. The fourth-order valence-corrected chi connectivity index (χ4v) is 3.41. The molecule has 3 rings (SSSR count). The molecule has 1 heterocycles. The highest BCUT2D eigenvalue weighted by Crippen LogP contribution is 2.39. The lowest BCUT2D eigenvalue weighted by Crippen LogP contribution is -2.24. The molecule has 2 aromatic carbocycles. The lowest BCUT2D eigenvalue weighted by Gasteiger charge is -2.25. The van der Waals surface area contributed by atoms with E-state index in [1.807, 2.05) is 18.2 Å². The number of halogens is 1. The van der Waals surface area contributed by atoms with E-state index in [0.717, 1.165) is 22.1 Å². The number of nitrogens with zero attached hydrogens (tertiary/aromatic N) is 1. The molecule has 1 unspecified atom stereocenters. The van der Waals surface area contributed by atoms with Crippen molar-refractivity contribution in [3.05, 3.63) is 58.1 Å². The first-order valence-corrected chi connectivity index (χ1v) is 7.38. The summed E-state index contributed by atoms with van der Waals surface area (Å²) in [6.07, 6.45) is 1.06. The minimum atomic E-state index is 0.0818. The van der Waals surface area contributed by atoms with E-state index in [-0.39, 0.29) is 5.84 Å². The van der Waals surface area contributed by atoms with E-state index >= 15 is 0 Å². The summed E-state index contributed by atoms with van der Waals surface area (Å²) >= 11 is 3.51. The quantitative estimate of drug-likeness (QED) is 0.650. The minimum Gasteiger partial charge on any atom is -0.384 e. The molecule has 3 nitrogen and oxygen atoms in total. The largest absolute Gasteiger partial charge is 0.384 e. The van der Waals surface area contributed by atoms with Gasteiger partial charge in [0.2, 0.25) is 0 Å². The zero-order valence-electron chi connectivity index (χ0n) is 11.2. The van der Waals surface area contributed by atoms with Gasteiger partial charge in [-0.3, -0.25) is 5.41 Å². The van der Waals surface area contributed by atoms with Gasteiger partial charge in [-0.15, -0.1) is 0 Å². The summed E-state index contributed by atoms with van der Waals surface area (Å²) < 4.78 is 0.860. The number of anilines is 2. The fourth-order valence-electron chi connectivity index (χ4n) is 2.83. The van der Waals surface area contributed by atoms with Gasteiger partial charge in [-0.2, -0.15) is 0 Å². The van der Waals surface area contributed by atoms with Crippen LogP contribution >= 0.6 is 15.9 Å². The zero-order chi connectivity index (χ0) is 14.3. The maximum atomic E-state index is 7.55. The van der Waals surface area contributed by atoms with Crippen LogP contribution in [0.2, 0.25) is 0 Å². The number of fused-ring (bicyclic) bond motifs is 1. The summed E-state index contributed by atoms with van der Waals surface area (Å²) in [4.78, 5) is 2.34. The average molecular weight is 330 g/mol. The first kappa shape index (κ1) is 13.2. The topological polar surface area (TPSA) is 53.1 Å². The molecule has 0 amide bonds. The van der Waals surface area contributed by atoms with Crippen molar-refractivity contribution in [1.29, 1.82) is 5.41 Å². The minimum absolute atomic E-state index is 0.0818. The van der Waals surface area contributed by atoms with Crippen molar-refractivity contribution in [1.82, 2.24) is 0 Å². The molecule has 2 aromatic rings. The molecule has 0 aliphatic carbocycles. The zero-order valence-corrected chi connectivity index (χ0v) is 12.8. The third-order valence-electron chi connectivity index (χ3n) is 3.73. The summed E-state index contributed by atoms with van der Waals surface area (Å²) in [5.41, 5.74) is 10.1. The molecule has 3 N–H and O–H groups in total. The molecular weight excluding hydrogens is 314 g/mol. The molecule has 0 radical (unpaired) electrons. The fraction of sp³-hybridized carbons (Fsp3) is 0.188. The summed E-state index contributed by atoms with van der Waals surface area (Å²) in [6.45, 7) is 2.23. The number of hydrogen-bond acceptors (Lipinski definition) is 2. The second-order valence-electron chi connectivity index (χ2n) is 5.13. The van der Waals surface area contributed by atoms with Crippen LogP contribution in [-0.2, 0) is 6.42 Å². The second-order valence-corrected chi connectivity index (χ2v) is 5.98. The number of nitrogen functional groups attached to an aromatic ring is 1. The Balaban J connectivity index is 2.06. The lowest BCUT2D eigenvalue weighted by molar-refractivity contribution is 0.759. The summed E-state index contributed by atoms with van der Waals surface area (Å²) in [7, 11) is 0. The van der Waals surface area contributed by atoms with Gasteiger partial charge in [-0.05, 0) is 59.1 Å². The van der Waals surface area contributed by atoms with E-state index in [4.69, 9.17) is 11.1 Å².